The first-order valence-electron chi connectivity index (χ1n) is 5.16. The second-order valence-electron chi connectivity index (χ2n) is 4.14. The smallest absolute Gasteiger partial charge is 0.311 e. The van der Waals surface area contributed by atoms with Gasteiger partial charge in [-0.15, -0.1) is 0 Å². The van der Waals surface area contributed by atoms with Crippen LogP contribution in [-0.2, 0) is 13.1 Å². The van der Waals surface area contributed by atoms with Crippen molar-refractivity contribution in [2.24, 2.45) is 5.92 Å². The van der Waals surface area contributed by atoms with E-state index in [0.29, 0.717) is 18.2 Å². The second kappa shape index (κ2) is 5.34. The summed E-state index contributed by atoms with van der Waals surface area (Å²) >= 11 is 0. The van der Waals surface area contributed by atoms with Crippen molar-refractivity contribution in [1.82, 2.24) is 15.1 Å². The van der Waals surface area contributed by atoms with Crippen LogP contribution in [0.15, 0.2) is 12.3 Å². The molecule has 16 heavy (non-hydrogen) atoms. The van der Waals surface area contributed by atoms with Gasteiger partial charge in [-0.1, -0.05) is 13.8 Å². The third kappa shape index (κ3) is 5.16. The summed E-state index contributed by atoms with van der Waals surface area (Å²) in [6.45, 7) is 4.43. The van der Waals surface area contributed by atoms with Gasteiger partial charge in [-0.05, 0) is 18.5 Å². The van der Waals surface area contributed by atoms with Crippen LogP contribution < -0.4 is 5.32 Å². The first-order chi connectivity index (χ1) is 7.37. The minimum absolute atomic E-state index is 0.503. The highest BCUT2D eigenvalue weighted by Crippen LogP contribution is 2.16. The van der Waals surface area contributed by atoms with Gasteiger partial charge in [-0.3, -0.25) is 4.68 Å². The molecule has 0 aliphatic heterocycles. The highest BCUT2D eigenvalue weighted by molar-refractivity contribution is 4.98. The quantitative estimate of drug-likeness (QED) is 0.847. The molecule has 92 valence electrons. The molecular weight excluding hydrogens is 219 g/mol. The van der Waals surface area contributed by atoms with Crippen molar-refractivity contribution in [3.63, 3.8) is 0 Å². The molecule has 0 spiro atoms. The van der Waals surface area contributed by atoms with Crippen molar-refractivity contribution in [2.75, 3.05) is 6.54 Å². The van der Waals surface area contributed by atoms with E-state index >= 15 is 0 Å². The minimum atomic E-state index is -4.21. The van der Waals surface area contributed by atoms with E-state index in [0.717, 1.165) is 11.2 Å². The summed E-state index contributed by atoms with van der Waals surface area (Å²) in [7, 11) is 0. The van der Waals surface area contributed by atoms with E-state index in [-0.39, 0.29) is 0 Å². The van der Waals surface area contributed by atoms with Crippen LogP contribution in [0.1, 0.15) is 19.5 Å². The molecule has 1 aromatic heterocycles. The summed E-state index contributed by atoms with van der Waals surface area (Å²) in [6.07, 6.45) is -2.87. The van der Waals surface area contributed by atoms with Crippen LogP contribution in [0.4, 0.5) is 13.2 Å². The lowest BCUT2D eigenvalue weighted by Crippen LogP contribution is -2.20. The van der Waals surface area contributed by atoms with Crippen molar-refractivity contribution in [3.8, 4) is 0 Å². The van der Waals surface area contributed by atoms with Crippen molar-refractivity contribution >= 4 is 0 Å². The zero-order valence-corrected chi connectivity index (χ0v) is 9.38. The van der Waals surface area contributed by atoms with E-state index in [2.05, 4.69) is 24.3 Å². The summed E-state index contributed by atoms with van der Waals surface area (Å²) in [6, 6.07) is 1.60. The number of nitrogens with zero attached hydrogens (tertiary/aromatic N) is 2. The molecule has 6 heteroatoms. The van der Waals surface area contributed by atoms with E-state index in [1.807, 2.05) is 0 Å². The predicted molar refractivity (Wildman–Crippen MR) is 54.8 cm³/mol. The van der Waals surface area contributed by atoms with Gasteiger partial charge in [0, 0.05) is 12.7 Å². The Morgan fingerprint density at radius 2 is 2.12 bits per heavy atom. The Bertz CT molecular complexity index is 317. The number of rotatable bonds is 5. The van der Waals surface area contributed by atoms with Gasteiger partial charge in [0.2, 0.25) is 0 Å². The molecule has 0 atom stereocenters. The average molecular weight is 235 g/mol. The first kappa shape index (κ1) is 13.0. The molecule has 0 aromatic carbocycles. The molecule has 3 nitrogen and oxygen atoms in total. The maximum atomic E-state index is 12.0. The van der Waals surface area contributed by atoms with Crippen LogP contribution in [0.25, 0.3) is 0 Å². The second-order valence-corrected chi connectivity index (χ2v) is 4.14. The Morgan fingerprint density at radius 1 is 1.44 bits per heavy atom. The molecule has 0 saturated carbocycles. The van der Waals surface area contributed by atoms with Crippen molar-refractivity contribution < 1.29 is 13.2 Å². The summed E-state index contributed by atoms with van der Waals surface area (Å²) in [4.78, 5) is 0. The molecule has 0 bridgehead atoms. The first-order valence-corrected chi connectivity index (χ1v) is 5.16. The lowest BCUT2D eigenvalue weighted by atomic mass is 10.2. The van der Waals surface area contributed by atoms with Gasteiger partial charge in [-0.25, -0.2) is 0 Å². The third-order valence-electron chi connectivity index (χ3n) is 1.90. The predicted octanol–water partition coefficient (Wildman–Crippen LogP) is 2.19. The summed E-state index contributed by atoms with van der Waals surface area (Å²) in [5, 5.41) is 6.95. The zero-order chi connectivity index (χ0) is 12.2. The highest BCUT2D eigenvalue weighted by Gasteiger charge is 2.28. The van der Waals surface area contributed by atoms with Gasteiger partial charge >= 0.3 is 6.18 Å². The van der Waals surface area contributed by atoms with Crippen LogP contribution in [0.3, 0.4) is 0 Å². The van der Waals surface area contributed by atoms with Crippen LogP contribution >= 0.6 is 0 Å². The van der Waals surface area contributed by atoms with Gasteiger partial charge in [0.25, 0.3) is 0 Å². The van der Waals surface area contributed by atoms with Crippen molar-refractivity contribution in [3.05, 3.63) is 18.0 Å². The Morgan fingerprint density at radius 3 is 2.69 bits per heavy atom. The molecule has 0 fully saturated rings. The van der Waals surface area contributed by atoms with E-state index in [4.69, 9.17) is 0 Å². The average Bonchev–Trinajstić information content (AvgIpc) is 2.48. The molecule has 0 unspecified atom stereocenters. The number of halogens is 3. The van der Waals surface area contributed by atoms with Crippen molar-refractivity contribution in [1.29, 1.82) is 0 Å². The van der Waals surface area contributed by atoms with Crippen LogP contribution in [0.2, 0.25) is 0 Å². The number of hydrogen-bond acceptors (Lipinski definition) is 2. The molecular formula is C10H16F3N3. The summed E-state index contributed by atoms with van der Waals surface area (Å²) < 4.78 is 37.0. The molecule has 1 N–H and O–H groups in total. The van der Waals surface area contributed by atoms with E-state index in [9.17, 15) is 13.2 Å². The normalized spacial score (nSPS) is 12.4. The Kier molecular flexibility index (Phi) is 4.35. The van der Waals surface area contributed by atoms with Gasteiger partial charge in [0.1, 0.15) is 6.54 Å². The number of alkyl halides is 3. The van der Waals surface area contributed by atoms with Gasteiger partial charge in [-0.2, -0.15) is 18.3 Å². The number of nitrogens with one attached hydrogen (secondary N) is 1. The fourth-order valence-corrected chi connectivity index (χ4v) is 1.26. The third-order valence-corrected chi connectivity index (χ3v) is 1.90. The topological polar surface area (TPSA) is 29.9 Å². The lowest BCUT2D eigenvalue weighted by molar-refractivity contribution is -0.142. The Balaban J connectivity index is 2.40. The van der Waals surface area contributed by atoms with Crippen molar-refractivity contribution in [2.45, 2.75) is 33.1 Å². The van der Waals surface area contributed by atoms with E-state index in [1.54, 1.807) is 6.07 Å². The van der Waals surface area contributed by atoms with E-state index < -0.39 is 12.7 Å². The fraction of sp³-hybridized carbons (Fsp3) is 0.700. The van der Waals surface area contributed by atoms with Crippen LogP contribution in [0.5, 0.6) is 0 Å². The standard InChI is InChI=1S/C10H16F3N3/c1-8(2)5-14-6-9-3-4-16(15-9)7-10(11,12)13/h3-4,8,14H,5-7H2,1-2H3. The van der Waals surface area contributed by atoms with Gasteiger partial charge in [0.05, 0.1) is 5.69 Å². The maximum absolute atomic E-state index is 12.0. The number of hydrogen-bond donors (Lipinski definition) is 1. The SMILES string of the molecule is CC(C)CNCc1ccn(CC(F)(F)F)n1. The fourth-order valence-electron chi connectivity index (χ4n) is 1.26. The van der Waals surface area contributed by atoms with E-state index in [1.165, 1.54) is 6.20 Å². The largest absolute Gasteiger partial charge is 0.408 e. The molecule has 0 radical (unpaired) electrons. The zero-order valence-electron chi connectivity index (χ0n) is 9.38. The maximum Gasteiger partial charge on any atom is 0.408 e. The molecule has 1 aromatic rings. The molecule has 0 aliphatic rings. The molecule has 0 saturated heterocycles. The summed E-state index contributed by atoms with van der Waals surface area (Å²) in [5.41, 5.74) is 0.630. The Labute approximate surface area is 92.6 Å². The molecule has 1 heterocycles. The molecule has 1 rings (SSSR count). The number of aromatic nitrogens is 2. The van der Waals surface area contributed by atoms with Gasteiger partial charge in [0.15, 0.2) is 0 Å². The highest BCUT2D eigenvalue weighted by atomic mass is 19.4. The Hall–Kier alpha value is -1.04. The molecule has 0 amide bonds. The van der Waals surface area contributed by atoms with Gasteiger partial charge < -0.3 is 5.32 Å². The van der Waals surface area contributed by atoms with Crippen LogP contribution in [0, 0.1) is 5.92 Å². The minimum Gasteiger partial charge on any atom is -0.311 e. The molecule has 0 aliphatic carbocycles. The lowest BCUT2D eigenvalue weighted by Gasteiger charge is -2.06. The monoisotopic (exact) mass is 235 g/mol. The summed E-state index contributed by atoms with van der Waals surface area (Å²) in [5.74, 6) is 0.511. The van der Waals surface area contributed by atoms with Crippen LogP contribution in [-0.4, -0.2) is 22.5 Å².